The number of sulfonamides is 1. The Labute approximate surface area is 146 Å². The lowest BCUT2D eigenvalue weighted by Gasteiger charge is -2.38. The normalized spacial score (nSPS) is 24.7. The zero-order valence-corrected chi connectivity index (χ0v) is 15.0. The highest BCUT2D eigenvalue weighted by Gasteiger charge is 2.40. The molecule has 3 fully saturated rings. The molecule has 3 amide bonds. The molecule has 3 rings (SSSR count). The monoisotopic (exact) mass is 373 g/mol. The van der Waals surface area contributed by atoms with Gasteiger partial charge in [-0.15, -0.1) is 0 Å². The zero-order valence-electron chi connectivity index (χ0n) is 14.2. The van der Waals surface area contributed by atoms with Crippen molar-refractivity contribution in [1.82, 2.24) is 14.1 Å². The summed E-state index contributed by atoms with van der Waals surface area (Å²) in [6.07, 6.45) is 2.75. The van der Waals surface area contributed by atoms with Crippen molar-refractivity contribution in [2.75, 3.05) is 39.0 Å². The van der Waals surface area contributed by atoms with E-state index >= 15 is 0 Å². The van der Waals surface area contributed by atoms with Crippen LogP contribution >= 0.6 is 0 Å². The first-order valence-electron chi connectivity index (χ1n) is 8.50. The van der Waals surface area contributed by atoms with E-state index in [2.05, 4.69) is 0 Å². The van der Waals surface area contributed by atoms with Gasteiger partial charge < -0.3 is 9.64 Å². The smallest absolute Gasteiger partial charge is 0.417 e. The van der Waals surface area contributed by atoms with Crippen molar-refractivity contribution >= 4 is 27.9 Å². The van der Waals surface area contributed by atoms with Crippen molar-refractivity contribution in [3.8, 4) is 0 Å². The summed E-state index contributed by atoms with van der Waals surface area (Å²) >= 11 is 0. The first-order valence-corrected chi connectivity index (χ1v) is 10.3. The van der Waals surface area contributed by atoms with E-state index in [0.717, 1.165) is 0 Å². The zero-order chi connectivity index (χ0) is 18.2. The number of cyclic esters (lactones) is 1. The Hall–Kier alpha value is -1.68. The van der Waals surface area contributed by atoms with Crippen molar-refractivity contribution in [1.29, 1.82) is 0 Å². The highest BCUT2D eigenvalue weighted by Crippen LogP contribution is 2.25. The third-order valence-electron chi connectivity index (χ3n) is 5.20. The molecule has 0 N–H and O–H groups in total. The number of nitrogens with zero attached hydrogens (tertiary/aromatic N) is 3. The van der Waals surface area contributed by atoms with Gasteiger partial charge in [0.2, 0.25) is 15.9 Å². The number of carbonyl (C=O) groups is 3. The SMILES string of the molecule is CS(=O)(=O)N1CCC(C(=O)N2CCC(N3C(=O)COC3=O)CC2)CC1. The van der Waals surface area contributed by atoms with Gasteiger partial charge in [0.1, 0.15) is 0 Å². The maximum Gasteiger partial charge on any atom is 0.417 e. The van der Waals surface area contributed by atoms with Crippen LogP contribution in [0.4, 0.5) is 4.79 Å². The standard InChI is InChI=1S/C15H23N3O6S/c1-25(22,23)17-8-2-11(3-9-17)14(20)16-6-4-12(5-7-16)18-13(19)10-24-15(18)21/h11-12H,2-10H2,1H3. The summed E-state index contributed by atoms with van der Waals surface area (Å²) in [5.41, 5.74) is 0. The molecular weight excluding hydrogens is 350 g/mol. The Kier molecular flexibility index (Phi) is 5.01. The van der Waals surface area contributed by atoms with Gasteiger partial charge >= 0.3 is 6.09 Å². The molecular formula is C15H23N3O6S. The van der Waals surface area contributed by atoms with Crippen LogP contribution in [-0.2, 0) is 24.3 Å². The molecule has 0 unspecified atom stereocenters. The molecule has 0 aromatic rings. The van der Waals surface area contributed by atoms with Crippen LogP contribution in [0.1, 0.15) is 25.7 Å². The summed E-state index contributed by atoms with van der Waals surface area (Å²) in [7, 11) is -3.20. The van der Waals surface area contributed by atoms with Crippen molar-refractivity contribution in [2.45, 2.75) is 31.7 Å². The molecule has 3 heterocycles. The fourth-order valence-electron chi connectivity index (χ4n) is 3.75. The molecule has 9 nitrogen and oxygen atoms in total. The Morgan fingerprint density at radius 3 is 2.12 bits per heavy atom. The van der Waals surface area contributed by atoms with E-state index in [1.165, 1.54) is 15.5 Å². The Bertz CT molecular complexity index is 647. The predicted molar refractivity (Wildman–Crippen MR) is 86.9 cm³/mol. The quantitative estimate of drug-likeness (QED) is 0.668. The van der Waals surface area contributed by atoms with E-state index in [4.69, 9.17) is 4.74 Å². The summed E-state index contributed by atoms with van der Waals surface area (Å²) in [6.45, 7) is 1.54. The fraction of sp³-hybridized carbons (Fsp3) is 0.800. The number of carbonyl (C=O) groups excluding carboxylic acids is 3. The molecule has 0 aliphatic carbocycles. The first kappa shape index (κ1) is 18.1. The Balaban J connectivity index is 1.51. The van der Waals surface area contributed by atoms with Crippen molar-refractivity contribution in [3.05, 3.63) is 0 Å². The second-order valence-electron chi connectivity index (χ2n) is 6.81. The summed E-state index contributed by atoms with van der Waals surface area (Å²) in [4.78, 5) is 38.9. The summed E-state index contributed by atoms with van der Waals surface area (Å²) in [6, 6.07) is -0.210. The Morgan fingerprint density at radius 2 is 1.64 bits per heavy atom. The van der Waals surface area contributed by atoms with Crippen LogP contribution in [0, 0.1) is 5.92 Å². The molecule has 10 heteroatoms. The van der Waals surface area contributed by atoms with Crippen LogP contribution in [0.5, 0.6) is 0 Å². The lowest BCUT2D eigenvalue weighted by atomic mass is 9.94. The second-order valence-corrected chi connectivity index (χ2v) is 8.79. The van der Waals surface area contributed by atoms with Crippen LogP contribution in [0.15, 0.2) is 0 Å². The minimum Gasteiger partial charge on any atom is -0.439 e. The van der Waals surface area contributed by atoms with Crippen LogP contribution in [-0.4, -0.2) is 85.5 Å². The summed E-state index contributed by atoms with van der Waals surface area (Å²) in [5.74, 6) is -0.433. The van der Waals surface area contributed by atoms with E-state index in [9.17, 15) is 22.8 Å². The molecule has 0 spiro atoms. The molecule has 0 aromatic heterocycles. The van der Waals surface area contributed by atoms with Crippen molar-refractivity contribution < 1.29 is 27.5 Å². The van der Waals surface area contributed by atoms with E-state index in [1.54, 1.807) is 4.90 Å². The number of amides is 3. The van der Waals surface area contributed by atoms with Gasteiger partial charge in [-0.05, 0) is 25.7 Å². The third kappa shape index (κ3) is 3.79. The maximum atomic E-state index is 12.7. The second kappa shape index (κ2) is 6.91. The number of hydrogen-bond acceptors (Lipinski definition) is 6. The number of imide groups is 1. The fourth-order valence-corrected chi connectivity index (χ4v) is 4.63. The van der Waals surface area contributed by atoms with Gasteiger partial charge in [-0.3, -0.25) is 9.59 Å². The number of piperidine rings is 2. The molecule has 0 atom stereocenters. The van der Waals surface area contributed by atoms with Gasteiger partial charge in [0.25, 0.3) is 5.91 Å². The van der Waals surface area contributed by atoms with Gasteiger partial charge in [0, 0.05) is 38.1 Å². The highest BCUT2D eigenvalue weighted by atomic mass is 32.2. The van der Waals surface area contributed by atoms with Gasteiger partial charge in [-0.25, -0.2) is 22.4 Å². The van der Waals surface area contributed by atoms with Gasteiger partial charge in [-0.2, -0.15) is 0 Å². The molecule has 0 saturated carbocycles. The molecule has 3 aliphatic heterocycles. The van der Waals surface area contributed by atoms with E-state index in [1.807, 2.05) is 0 Å². The molecule has 3 saturated heterocycles. The summed E-state index contributed by atoms with van der Waals surface area (Å²) < 4.78 is 29.2. The highest BCUT2D eigenvalue weighted by molar-refractivity contribution is 7.88. The average molecular weight is 373 g/mol. The van der Waals surface area contributed by atoms with Crippen LogP contribution in [0.25, 0.3) is 0 Å². The molecule has 0 radical (unpaired) electrons. The minimum absolute atomic E-state index is 0.0435. The number of likely N-dealkylation sites (tertiary alicyclic amines) is 1. The topological polar surface area (TPSA) is 104 Å². The van der Waals surface area contributed by atoms with Crippen molar-refractivity contribution in [2.24, 2.45) is 5.92 Å². The summed E-state index contributed by atoms with van der Waals surface area (Å²) in [5, 5.41) is 0. The van der Waals surface area contributed by atoms with Crippen LogP contribution in [0.3, 0.4) is 0 Å². The number of ether oxygens (including phenoxy) is 1. The van der Waals surface area contributed by atoms with Crippen molar-refractivity contribution in [3.63, 3.8) is 0 Å². The van der Waals surface area contributed by atoms with Gasteiger partial charge in [0.15, 0.2) is 6.61 Å². The number of rotatable bonds is 3. The van der Waals surface area contributed by atoms with Crippen LogP contribution < -0.4 is 0 Å². The molecule has 25 heavy (non-hydrogen) atoms. The molecule has 140 valence electrons. The Morgan fingerprint density at radius 1 is 1.04 bits per heavy atom. The third-order valence-corrected chi connectivity index (χ3v) is 6.50. The largest absolute Gasteiger partial charge is 0.439 e. The first-order chi connectivity index (χ1) is 11.8. The average Bonchev–Trinajstić information content (AvgIpc) is 2.92. The van der Waals surface area contributed by atoms with E-state index in [-0.39, 0.29) is 30.4 Å². The van der Waals surface area contributed by atoms with Crippen LogP contribution in [0.2, 0.25) is 0 Å². The molecule has 0 aromatic carbocycles. The van der Waals surface area contributed by atoms with Gasteiger partial charge in [0.05, 0.1) is 6.26 Å². The molecule has 3 aliphatic rings. The minimum atomic E-state index is -3.20. The van der Waals surface area contributed by atoms with Gasteiger partial charge in [-0.1, -0.05) is 0 Å². The molecule has 0 bridgehead atoms. The van der Waals surface area contributed by atoms with E-state index < -0.39 is 16.1 Å². The maximum absolute atomic E-state index is 12.7. The van der Waals surface area contributed by atoms with E-state index in [0.29, 0.717) is 51.9 Å². The predicted octanol–water partition coefficient (Wildman–Crippen LogP) is -0.372. The lowest BCUT2D eigenvalue weighted by molar-refractivity contribution is -0.138. The number of hydrogen-bond donors (Lipinski definition) is 0. The lowest BCUT2D eigenvalue weighted by Crippen LogP contribution is -2.51.